The van der Waals surface area contributed by atoms with Crippen LogP contribution in [0.1, 0.15) is 55.2 Å². The van der Waals surface area contributed by atoms with Crippen LogP contribution in [-0.2, 0) is 0 Å². The summed E-state index contributed by atoms with van der Waals surface area (Å²) >= 11 is 0. The predicted octanol–water partition coefficient (Wildman–Crippen LogP) is 2.62. The Hall–Kier alpha value is -1.50. The lowest BCUT2D eigenvalue weighted by Gasteiger charge is -2.32. The molecule has 1 aliphatic heterocycles. The molecule has 1 amide bonds. The summed E-state index contributed by atoms with van der Waals surface area (Å²) in [5.74, 6) is -0.121. The molecule has 1 N–H and O–H groups in total. The Balaban J connectivity index is 1.90. The maximum Gasteiger partial charge on any atom is 0.254 e. The molecule has 1 aromatic rings. The average molecular weight is 328 g/mol. The highest BCUT2D eigenvalue weighted by Gasteiger charge is 2.24. The summed E-state index contributed by atoms with van der Waals surface area (Å²) < 4.78 is 26.6. The summed E-state index contributed by atoms with van der Waals surface area (Å²) in [5, 5.41) is 7.32. The molecule has 7 heteroatoms. The lowest BCUT2D eigenvalue weighted by atomic mass is 10.0. The summed E-state index contributed by atoms with van der Waals surface area (Å²) in [6, 6.07) is 0.303. The summed E-state index contributed by atoms with van der Waals surface area (Å²) in [5.41, 5.74) is 1.47. The number of aromatic nitrogens is 2. The highest BCUT2D eigenvalue weighted by molar-refractivity contribution is 5.95. The molecular weight excluding hydrogens is 302 g/mol. The molecule has 1 atom stereocenters. The SMILES string of the molecule is CC[C@H](C)n1ncc(C(=O)NC2CCN(CC(F)F)CC2)c1C. The van der Waals surface area contributed by atoms with Crippen LogP contribution in [0.3, 0.4) is 0 Å². The first-order valence-corrected chi connectivity index (χ1v) is 8.27. The van der Waals surface area contributed by atoms with Crippen molar-refractivity contribution in [3.05, 3.63) is 17.5 Å². The van der Waals surface area contributed by atoms with Crippen LogP contribution in [0.2, 0.25) is 0 Å². The number of alkyl halides is 2. The first-order chi connectivity index (χ1) is 10.9. The van der Waals surface area contributed by atoms with Gasteiger partial charge in [-0.05, 0) is 33.1 Å². The minimum Gasteiger partial charge on any atom is -0.349 e. The van der Waals surface area contributed by atoms with Crippen LogP contribution in [0.4, 0.5) is 8.78 Å². The fourth-order valence-electron chi connectivity index (χ4n) is 2.98. The predicted molar refractivity (Wildman–Crippen MR) is 84.9 cm³/mol. The van der Waals surface area contributed by atoms with Crippen molar-refractivity contribution in [1.29, 1.82) is 0 Å². The van der Waals surface area contributed by atoms with Crippen molar-refractivity contribution in [3.63, 3.8) is 0 Å². The second-order valence-electron chi connectivity index (χ2n) is 6.28. The van der Waals surface area contributed by atoms with E-state index in [1.807, 2.05) is 11.6 Å². The van der Waals surface area contributed by atoms with Crippen molar-refractivity contribution < 1.29 is 13.6 Å². The molecule has 23 heavy (non-hydrogen) atoms. The zero-order chi connectivity index (χ0) is 17.0. The summed E-state index contributed by atoms with van der Waals surface area (Å²) in [6.45, 7) is 7.07. The van der Waals surface area contributed by atoms with Gasteiger partial charge in [0.25, 0.3) is 12.3 Å². The molecule has 1 aromatic heterocycles. The van der Waals surface area contributed by atoms with Crippen molar-refractivity contribution in [2.45, 2.75) is 58.5 Å². The molecule has 0 saturated carbocycles. The molecule has 1 aliphatic rings. The van der Waals surface area contributed by atoms with Gasteiger partial charge in [0.1, 0.15) is 0 Å². The highest BCUT2D eigenvalue weighted by atomic mass is 19.3. The van der Waals surface area contributed by atoms with E-state index in [4.69, 9.17) is 0 Å². The minimum absolute atomic E-state index is 0.0442. The standard InChI is InChI=1S/C16H26F2N4O/c1-4-11(2)22-12(3)14(9-19-22)16(23)20-13-5-7-21(8-6-13)10-15(17)18/h9,11,13,15H,4-8,10H2,1-3H3,(H,20,23)/t11-/m0/s1. The van der Waals surface area contributed by atoms with E-state index in [-0.39, 0.29) is 24.5 Å². The largest absolute Gasteiger partial charge is 0.349 e. The van der Waals surface area contributed by atoms with E-state index < -0.39 is 6.43 Å². The molecule has 0 bridgehead atoms. The maximum absolute atomic E-state index is 12.4. The van der Waals surface area contributed by atoms with Crippen LogP contribution >= 0.6 is 0 Å². The Bertz CT molecular complexity index is 524. The maximum atomic E-state index is 12.4. The molecule has 5 nitrogen and oxygen atoms in total. The molecule has 0 aliphatic carbocycles. The molecule has 0 spiro atoms. The van der Waals surface area contributed by atoms with Gasteiger partial charge in [-0.1, -0.05) is 6.92 Å². The number of rotatable bonds is 6. The van der Waals surface area contributed by atoms with Gasteiger partial charge in [-0.3, -0.25) is 14.4 Å². The normalized spacial score (nSPS) is 18.3. The van der Waals surface area contributed by atoms with Crippen LogP contribution in [0, 0.1) is 6.92 Å². The zero-order valence-corrected chi connectivity index (χ0v) is 14.1. The van der Waals surface area contributed by atoms with Crippen molar-refractivity contribution in [1.82, 2.24) is 20.0 Å². The molecule has 0 unspecified atom stereocenters. The number of nitrogens with one attached hydrogen (secondary N) is 1. The monoisotopic (exact) mass is 328 g/mol. The van der Waals surface area contributed by atoms with Crippen LogP contribution in [0.5, 0.6) is 0 Å². The van der Waals surface area contributed by atoms with Gasteiger partial charge in [-0.25, -0.2) is 8.78 Å². The smallest absolute Gasteiger partial charge is 0.254 e. The summed E-state index contributed by atoms with van der Waals surface area (Å²) in [7, 11) is 0. The lowest BCUT2D eigenvalue weighted by Crippen LogP contribution is -2.45. The molecule has 2 rings (SSSR count). The molecule has 2 heterocycles. The highest BCUT2D eigenvalue weighted by Crippen LogP contribution is 2.17. The molecular formula is C16H26F2N4O. The first-order valence-electron chi connectivity index (χ1n) is 8.27. The van der Waals surface area contributed by atoms with Gasteiger partial charge in [0, 0.05) is 30.9 Å². The van der Waals surface area contributed by atoms with E-state index in [1.54, 1.807) is 11.1 Å². The number of likely N-dealkylation sites (tertiary alicyclic amines) is 1. The third kappa shape index (κ3) is 4.50. The van der Waals surface area contributed by atoms with Crippen LogP contribution in [-0.4, -0.2) is 52.7 Å². The van der Waals surface area contributed by atoms with E-state index in [9.17, 15) is 13.6 Å². The van der Waals surface area contributed by atoms with Gasteiger partial charge >= 0.3 is 0 Å². The Labute approximate surface area is 136 Å². The fraction of sp³-hybridized carbons (Fsp3) is 0.750. The molecule has 0 aromatic carbocycles. The average Bonchev–Trinajstić information content (AvgIpc) is 2.89. The van der Waals surface area contributed by atoms with Gasteiger partial charge in [-0.15, -0.1) is 0 Å². The molecule has 0 radical (unpaired) electrons. The Kier molecular flexibility index (Phi) is 6.10. The van der Waals surface area contributed by atoms with Crippen LogP contribution in [0.25, 0.3) is 0 Å². The van der Waals surface area contributed by atoms with Crippen LogP contribution < -0.4 is 5.32 Å². The first kappa shape index (κ1) is 17.8. The van der Waals surface area contributed by atoms with Crippen molar-refractivity contribution in [2.24, 2.45) is 0 Å². The summed E-state index contributed by atoms with van der Waals surface area (Å²) in [6.07, 6.45) is 1.68. The third-order valence-corrected chi connectivity index (χ3v) is 4.62. The van der Waals surface area contributed by atoms with Gasteiger partial charge in [0.05, 0.1) is 18.3 Å². The number of hydrogen-bond acceptors (Lipinski definition) is 3. The van der Waals surface area contributed by atoms with Crippen molar-refractivity contribution in [3.8, 4) is 0 Å². The van der Waals surface area contributed by atoms with Gasteiger partial charge < -0.3 is 5.32 Å². The topological polar surface area (TPSA) is 50.2 Å². The number of piperidine rings is 1. The number of halogens is 2. The molecule has 130 valence electrons. The Morgan fingerprint density at radius 1 is 1.43 bits per heavy atom. The zero-order valence-electron chi connectivity index (χ0n) is 14.1. The minimum atomic E-state index is -2.30. The number of carbonyl (C=O) groups is 1. The van der Waals surface area contributed by atoms with Crippen molar-refractivity contribution >= 4 is 5.91 Å². The van der Waals surface area contributed by atoms with Crippen molar-refractivity contribution in [2.75, 3.05) is 19.6 Å². The number of carbonyl (C=O) groups excluding carboxylic acids is 1. The van der Waals surface area contributed by atoms with E-state index in [2.05, 4.69) is 24.3 Å². The van der Waals surface area contributed by atoms with E-state index in [1.165, 1.54) is 0 Å². The number of nitrogens with zero attached hydrogens (tertiary/aromatic N) is 3. The third-order valence-electron chi connectivity index (χ3n) is 4.62. The van der Waals surface area contributed by atoms with Gasteiger partial charge in [-0.2, -0.15) is 5.10 Å². The second kappa shape index (κ2) is 7.86. The molecule has 1 fully saturated rings. The van der Waals surface area contributed by atoms with Gasteiger partial charge in [0.2, 0.25) is 0 Å². The number of hydrogen-bond donors (Lipinski definition) is 1. The summed E-state index contributed by atoms with van der Waals surface area (Å²) in [4.78, 5) is 14.2. The van der Waals surface area contributed by atoms with E-state index >= 15 is 0 Å². The van der Waals surface area contributed by atoms with E-state index in [0.717, 1.165) is 12.1 Å². The lowest BCUT2D eigenvalue weighted by molar-refractivity contribution is 0.0696. The quantitative estimate of drug-likeness (QED) is 0.873. The Morgan fingerprint density at radius 2 is 2.09 bits per heavy atom. The fourth-order valence-corrected chi connectivity index (χ4v) is 2.98. The van der Waals surface area contributed by atoms with Crippen LogP contribution in [0.15, 0.2) is 6.20 Å². The second-order valence-corrected chi connectivity index (χ2v) is 6.28. The number of amides is 1. The van der Waals surface area contributed by atoms with E-state index in [0.29, 0.717) is 31.5 Å². The Morgan fingerprint density at radius 3 is 2.65 bits per heavy atom. The molecule has 1 saturated heterocycles. The van der Waals surface area contributed by atoms with Gasteiger partial charge in [0.15, 0.2) is 0 Å².